The Labute approximate surface area is 59.5 Å². The van der Waals surface area contributed by atoms with Crippen molar-refractivity contribution in [1.29, 1.82) is 0 Å². The summed E-state index contributed by atoms with van der Waals surface area (Å²) in [4.78, 5) is 0. The standard InChI is InChI=1S/C6H12N2O2/c7-3-1-9-6-4(8)2-10-5(3)6/h3-6H,1-2,7-8H2/t3-,4-,5-,6-/m0/s1. The second kappa shape index (κ2) is 2.17. The molecule has 4 heteroatoms. The summed E-state index contributed by atoms with van der Waals surface area (Å²) in [6.45, 7) is 1.17. The van der Waals surface area contributed by atoms with Crippen molar-refractivity contribution in [2.75, 3.05) is 13.2 Å². The predicted molar refractivity (Wildman–Crippen MR) is 35.4 cm³/mol. The molecule has 0 spiro atoms. The minimum Gasteiger partial charge on any atom is -0.372 e. The molecule has 0 radical (unpaired) electrons. The molecule has 2 aliphatic rings. The van der Waals surface area contributed by atoms with Crippen LogP contribution in [0, 0.1) is 0 Å². The van der Waals surface area contributed by atoms with E-state index in [-0.39, 0.29) is 24.3 Å². The molecule has 0 bridgehead atoms. The fraction of sp³-hybridized carbons (Fsp3) is 1.00. The number of nitrogens with two attached hydrogens (primary N) is 2. The Kier molecular flexibility index (Phi) is 1.42. The van der Waals surface area contributed by atoms with Crippen LogP contribution in [0.5, 0.6) is 0 Å². The lowest BCUT2D eigenvalue weighted by molar-refractivity contribution is 0.0691. The normalized spacial score (nSPS) is 53.4. The Morgan fingerprint density at radius 3 is 1.70 bits per heavy atom. The highest BCUT2D eigenvalue weighted by atomic mass is 16.6. The summed E-state index contributed by atoms with van der Waals surface area (Å²) in [7, 11) is 0. The van der Waals surface area contributed by atoms with Crippen molar-refractivity contribution in [3.63, 3.8) is 0 Å². The Balaban J connectivity index is 2.09. The fourth-order valence-electron chi connectivity index (χ4n) is 1.56. The molecule has 2 aliphatic heterocycles. The summed E-state index contributed by atoms with van der Waals surface area (Å²) in [5, 5.41) is 0. The van der Waals surface area contributed by atoms with E-state index in [9.17, 15) is 0 Å². The summed E-state index contributed by atoms with van der Waals surface area (Å²) in [6.07, 6.45) is 0.102. The molecular weight excluding hydrogens is 132 g/mol. The van der Waals surface area contributed by atoms with E-state index in [0.29, 0.717) is 13.2 Å². The summed E-state index contributed by atoms with van der Waals surface area (Å²) in [5.74, 6) is 0. The van der Waals surface area contributed by atoms with Crippen molar-refractivity contribution < 1.29 is 9.47 Å². The number of fused-ring (bicyclic) bond motifs is 1. The minimum atomic E-state index is 0.0264. The molecule has 4 nitrogen and oxygen atoms in total. The molecule has 0 aromatic carbocycles. The molecule has 0 aromatic rings. The Bertz CT molecular complexity index is 126. The van der Waals surface area contributed by atoms with E-state index < -0.39 is 0 Å². The first-order valence-electron chi connectivity index (χ1n) is 3.53. The van der Waals surface area contributed by atoms with Gasteiger partial charge < -0.3 is 20.9 Å². The maximum Gasteiger partial charge on any atom is 0.103 e. The van der Waals surface area contributed by atoms with Crippen molar-refractivity contribution in [2.24, 2.45) is 11.5 Å². The Morgan fingerprint density at radius 2 is 1.30 bits per heavy atom. The van der Waals surface area contributed by atoms with Crippen molar-refractivity contribution in [2.45, 2.75) is 24.3 Å². The van der Waals surface area contributed by atoms with Gasteiger partial charge in [-0.05, 0) is 0 Å². The zero-order valence-corrected chi connectivity index (χ0v) is 5.69. The van der Waals surface area contributed by atoms with Gasteiger partial charge in [-0.15, -0.1) is 0 Å². The molecule has 0 saturated carbocycles. The third-order valence-electron chi connectivity index (χ3n) is 2.13. The van der Waals surface area contributed by atoms with Crippen LogP contribution in [0.15, 0.2) is 0 Å². The van der Waals surface area contributed by atoms with Crippen LogP contribution in [0.2, 0.25) is 0 Å². The molecule has 58 valence electrons. The van der Waals surface area contributed by atoms with Crippen LogP contribution in [-0.4, -0.2) is 37.5 Å². The smallest absolute Gasteiger partial charge is 0.103 e. The zero-order valence-electron chi connectivity index (χ0n) is 5.69. The van der Waals surface area contributed by atoms with Crippen LogP contribution in [-0.2, 0) is 9.47 Å². The molecule has 0 unspecified atom stereocenters. The zero-order chi connectivity index (χ0) is 7.14. The van der Waals surface area contributed by atoms with Crippen molar-refractivity contribution in [1.82, 2.24) is 0 Å². The average molecular weight is 144 g/mol. The summed E-state index contributed by atoms with van der Waals surface area (Å²) in [6, 6.07) is 0.0529. The molecular formula is C6H12N2O2. The molecule has 2 heterocycles. The molecule has 2 rings (SSSR count). The number of rotatable bonds is 0. The highest BCUT2D eigenvalue weighted by Crippen LogP contribution is 2.24. The van der Waals surface area contributed by atoms with Crippen LogP contribution in [0.4, 0.5) is 0 Å². The molecule has 0 aromatic heterocycles. The molecule has 0 amide bonds. The van der Waals surface area contributed by atoms with E-state index in [4.69, 9.17) is 20.9 Å². The van der Waals surface area contributed by atoms with Crippen molar-refractivity contribution in [3.05, 3.63) is 0 Å². The van der Waals surface area contributed by atoms with Gasteiger partial charge in [0.2, 0.25) is 0 Å². The van der Waals surface area contributed by atoms with Gasteiger partial charge in [-0.25, -0.2) is 0 Å². The largest absolute Gasteiger partial charge is 0.372 e. The highest BCUT2D eigenvalue weighted by molar-refractivity contribution is 4.97. The first-order valence-corrected chi connectivity index (χ1v) is 3.53. The van der Waals surface area contributed by atoms with Crippen LogP contribution in [0.3, 0.4) is 0 Å². The Morgan fingerprint density at radius 1 is 0.900 bits per heavy atom. The monoisotopic (exact) mass is 144 g/mol. The second-order valence-electron chi connectivity index (χ2n) is 2.92. The lowest BCUT2D eigenvalue weighted by Crippen LogP contribution is -2.39. The van der Waals surface area contributed by atoms with Gasteiger partial charge in [0.1, 0.15) is 12.2 Å². The van der Waals surface area contributed by atoms with E-state index in [1.54, 1.807) is 0 Å². The van der Waals surface area contributed by atoms with Crippen LogP contribution >= 0.6 is 0 Å². The van der Waals surface area contributed by atoms with Crippen LogP contribution in [0.25, 0.3) is 0 Å². The topological polar surface area (TPSA) is 70.5 Å². The molecule has 2 fully saturated rings. The lowest BCUT2D eigenvalue weighted by atomic mass is 10.1. The predicted octanol–water partition coefficient (Wildman–Crippen LogP) is -1.56. The van der Waals surface area contributed by atoms with E-state index in [2.05, 4.69) is 0 Å². The van der Waals surface area contributed by atoms with Gasteiger partial charge in [0.25, 0.3) is 0 Å². The van der Waals surface area contributed by atoms with Crippen molar-refractivity contribution in [3.8, 4) is 0 Å². The molecule has 10 heavy (non-hydrogen) atoms. The summed E-state index contributed by atoms with van der Waals surface area (Å²) in [5.41, 5.74) is 11.4. The fourth-order valence-corrected chi connectivity index (χ4v) is 1.56. The second-order valence-corrected chi connectivity index (χ2v) is 2.92. The van der Waals surface area contributed by atoms with Crippen LogP contribution in [0.1, 0.15) is 0 Å². The molecule has 0 aliphatic carbocycles. The van der Waals surface area contributed by atoms with Gasteiger partial charge in [-0.1, -0.05) is 0 Å². The number of ether oxygens (including phenoxy) is 2. The lowest BCUT2D eigenvalue weighted by Gasteiger charge is -2.10. The van der Waals surface area contributed by atoms with E-state index in [1.807, 2.05) is 0 Å². The molecule has 2 saturated heterocycles. The van der Waals surface area contributed by atoms with Gasteiger partial charge in [0.05, 0.1) is 25.3 Å². The minimum absolute atomic E-state index is 0.0264. The molecule has 4 N–H and O–H groups in total. The van der Waals surface area contributed by atoms with Gasteiger partial charge >= 0.3 is 0 Å². The maximum absolute atomic E-state index is 5.68. The Hall–Kier alpha value is -0.160. The van der Waals surface area contributed by atoms with E-state index in [0.717, 1.165) is 0 Å². The average Bonchev–Trinajstić information content (AvgIpc) is 2.41. The maximum atomic E-state index is 5.68. The first kappa shape index (κ1) is 6.54. The van der Waals surface area contributed by atoms with Gasteiger partial charge in [0.15, 0.2) is 0 Å². The summed E-state index contributed by atoms with van der Waals surface area (Å²) >= 11 is 0. The third-order valence-corrected chi connectivity index (χ3v) is 2.13. The highest BCUT2D eigenvalue weighted by Gasteiger charge is 2.44. The number of hydrogen-bond acceptors (Lipinski definition) is 4. The third kappa shape index (κ3) is 0.769. The van der Waals surface area contributed by atoms with Gasteiger partial charge in [0, 0.05) is 0 Å². The molecule has 4 atom stereocenters. The van der Waals surface area contributed by atoms with Gasteiger partial charge in [-0.2, -0.15) is 0 Å². The van der Waals surface area contributed by atoms with Crippen molar-refractivity contribution >= 4 is 0 Å². The first-order chi connectivity index (χ1) is 4.79. The van der Waals surface area contributed by atoms with E-state index >= 15 is 0 Å². The number of hydrogen-bond donors (Lipinski definition) is 2. The van der Waals surface area contributed by atoms with Crippen LogP contribution < -0.4 is 11.5 Å². The summed E-state index contributed by atoms with van der Waals surface area (Å²) < 4.78 is 10.7. The quantitative estimate of drug-likeness (QED) is 0.431. The van der Waals surface area contributed by atoms with Gasteiger partial charge in [-0.3, -0.25) is 0 Å². The SMILES string of the molecule is N[C@H]1CO[C@@H]2[C@H]1OC[C@@H]2N. The van der Waals surface area contributed by atoms with E-state index in [1.165, 1.54) is 0 Å².